The first-order valence-electron chi connectivity index (χ1n) is 18.0. The molecule has 57 heavy (non-hydrogen) atoms. The van der Waals surface area contributed by atoms with E-state index in [9.17, 15) is 38.8 Å². The SMILES string of the molecule is COc1cc2cc(c1Cl)N(C)C(=O)C[C@H](OC(=O)[C@H](C)N(C)C(=O)c1ccc([N+](=O)[O-])cc1F)[C@]1(C)O[C@H]1[C@H](C)[C@@H]1C[C@@](O)(NC(=O)O1)[C@H](OC)/C=C/C=C(\C)C2. The number of nitrogens with zero attached hydrogens (tertiary/aromatic N) is 3. The van der Waals surface area contributed by atoms with Crippen molar-refractivity contribution >= 4 is 46.9 Å². The number of methoxy groups -OCH3 is 2. The minimum atomic E-state index is -1.89. The number of benzene rings is 2. The molecule has 2 aromatic rings. The van der Waals surface area contributed by atoms with Gasteiger partial charge in [-0.05, 0) is 51.0 Å². The largest absolute Gasteiger partial charge is 0.495 e. The molecule has 3 aliphatic heterocycles. The number of hydrogen-bond donors (Lipinski definition) is 2. The summed E-state index contributed by atoms with van der Waals surface area (Å²) in [5.74, 6) is -3.95. The topological polar surface area (TPSA) is 200 Å². The second-order valence-electron chi connectivity index (χ2n) is 14.7. The molecule has 4 bridgehead atoms. The van der Waals surface area contributed by atoms with Gasteiger partial charge in [0.05, 0.1) is 41.9 Å². The van der Waals surface area contributed by atoms with E-state index in [0.717, 1.165) is 28.2 Å². The van der Waals surface area contributed by atoms with Gasteiger partial charge in [-0.25, -0.2) is 14.0 Å². The molecular formula is C39H46ClFN4O12. The summed E-state index contributed by atoms with van der Waals surface area (Å²) in [5, 5.41) is 25.5. The molecule has 5 rings (SSSR count). The van der Waals surface area contributed by atoms with E-state index in [1.807, 2.05) is 13.0 Å². The van der Waals surface area contributed by atoms with Crippen LogP contribution in [-0.2, 0) is 35.0 Å². The number of halogens is 2. The Morgan fingerprint density at radius 2 is 1.93 bits per heavy atom. The lowest BCUT2D eigenvalue weighted by Gasteiger charge is -2.42. The normalized spacial score (nSPS) is 29.7. The Morgan fingerprint density at radius 3 is 2.56 bits per heavy atom. The number of nitro groups is 1. The molecule has 16 nitrogen and oxygen atoms in total. The summed E-state index contributed by atoms with van der Waals surface area (Å²) in [4.78, 5) is 66.7. The Balaban J connectivity index is 1.51. The molecule has 3 aliphatic rings. The minimum absolute atomic E-state index is 0.124. The van der Waals surface area contributed by atoms with Gasteiger partial charge >= 0.3 is 12.1 Å². The number of anilines is 1. The summed E-state index contributed by atoms with van der Waals surface area (Å²) < 4.78 is 43.8. The molecule has 0 aliphatic carbocycles. The molecule has 8 atom stereocenters. The third-order valence-electron chi connectivity index (χ3n) is 10.8. The zero-order valence-electron chi connectivity index (χ0n) is 32.7. The maximum Gasteiger partial charge on any atom is 0.409 e. The summed E-state index contributed by atoms with van der Waals surface area (Å²) in [6.45, 7) is 6.56. The summed E-state index contributed by atoms with van der Waals surface area (Å²) in [6.07, 6.45) is 0.0428. The van der Waals surface area contributed by atoms with Gasteiger partial charge in [0, 0.05) is 39.6 Å². The van der Waals surface area contributed by atoms with Crippen LogP contribution in [0.3, 0.4) is 0 Å². The first-order valence-corrected chi connectivity index (χ1v) is 18.4. The van der Waals surface area contributed by atoms with Gasteiger partial charge in [0.25, 0.3) is 11.6 Å². The van der Waals surface area contributed by atoms with Gasteiger partial charge in [-0.15, -0.1) is 0 Å². The van der Waals surface area contributed by atoms with Gasteiger partial charge in [0.1, 0.15) is 46.5 Å². The van der Waals surface area contributed by atoms with Gasteiger partial charge in [-0.3, -0.25) is 25.0 Å². The van der Waals surface area contributed by atoms with Crippen molar-refractivity contribution < 1.29 is 57.3 Å². The standard InChI is InChI=1S/C39H46ClFN4O12/c1-20-10-9-11-30(54-8)39(50)19-29(55-37(49)42-39)21(2)34-38(4,57-34)31(18-32(46)44(6)27-15-23(14-20)16-28(53-7)33(27)40)56-36(48)22(3)43(5)35(47)25-13-12-24(45(51)52)17-26(25)41/h9-13,15-17,21-22,29-31,34,50H,14,18-19H2,1-8H3,(H,42,49)/b11-9+,20-10+/t21-,22+,29+,30-,31+,34+,38+,39+/m1/s1. The van der Waals surface area contributed by atoms with Crippen LogP contribution in [0.2, 0.25) is 5.02 Å². The van der Waals surface area contributed by atoms with E-state index >= 15 is 0 Å². The van der Waals surface area contributed by atoms with Crippen molar-refractivity contribution in [2.24, 2.45) is 5.92 Å². The third kappa shape index (κ3) is 8.91. The van der Waals surface area contributed by atoms with Gasteiger partial charge in [-0.2, -0.15) is 0 Å². The first kappa shape index (κ1) is 43.0. The van der Waals surface area contributed by atoms with Crippen LogP contribution in [0.4, 0.5) is 20.6 Å². The van der Waals surface area contributed by atoms with Crippen molar-refractivity contribution in [3.05, 3.63) is 86.2 Å². The minimum Gasteiger partial charge on any atom is -0.495 e. The number of amides is 3. The highest BCUT2D eigenvalue weighted by molar-refractivity contribution is 6.35. The number of hydrogen-bond acceptors (Lipinski definition) is 12. The number of fused-ring (bicyclic) bond motifs is 5. The van der Waals surface area contributed by atoms with E-state index in [0.29, 0.717) is 23.9 Å². The van der Waals surface area contributed by atoms with Crippen molar-refractivity contribution in [3.8, 4) is 5.75 Å². The van der Waals surface area contributed by atoms with Crippen molar-refractivity contribution in [3.63, 3.8) is 0 Å². The van der Waals surface area contributed by atoms with Crippen LogP contribution < -0.4 is 15.0 Å². The van der Waals surface area contributed by atoms with Crippen LogP contribution in [0, 0.1) is 21.8 Å². The number of aliphatic hydroxyl groups is 1. The molecule has 3 amide bonds. The second-order valence-corrected chi connectivity index (χ2v) is 15.1. The maximum absolute atomic E-state index is 14.8. The van der Waals surface area contributed by atoms with E-state index < -0.39 is 100.0 Å². The van der Waals surface area contributed by atoms with E-state index in [2.05, 4.69) is 5.32 Å². The molecule has 0 saturated carbocycles. The molecule has 18 heteroatoms. The fourth-order valence-corrected chi connectivity index (χ4v) is 7.47. The average Bonchev–Trinajstić information content (AvgIpc) is 3.86. The van der Waals surface area contributed by atoms with Crippen LogP contribution in [0.15, 0.2) is 54.1 Å². The number of esters is 1. The fourth-order valence-electron chi connectivity index (χ4n) is 7.16. The van der Waals surface area contributed by atoms with Crippen molar-refractivity contribution in [2.75, 3.05) is 33.2 Å². The maximum atomic E-state index is 14.8. The highest BCUT2D eigenvalue weighted by Crippen LogP contribution is 2.49. The van der Waals surface area contributed by atoms with Crippen LogP contribution in [-0.4, -0.2) is 109 Å². The molecule has 2 saturated heterocycles. The van der Waals surface area contributed by atoms with Crippen LogP contribution in [0.1, 0.15) is 56.5 Å². The number of likely N-dealkylation sites (N-methyl/N-ethyl adjacent to an activating group) is 1. The molecule has 2 aromatic carbocycles. The molecule has 0 unspecified atom stereocenters. The summed E-state index contributed by atoms with van der Waals surface area (Å²) in [5.41, 5.74) is -2.39. The van der Waals surface area contributed by atoms with E-state index in [1.165, 1.54) is 40.1 Å². The van der Waals surface area contributed by atoms with Gasteiger partial charge in [-0.1, -0.05) is 42.3 Å². The molecular weight excluding hydrogens is 771 g/mol. The lowest BCUT2D eigenvalue weighted by Crippen LogP contribution is -2.63. The lowest BCUT2D eigenvalue weighted by molar-refractivity contribution is -0.385. The Hall–Kier alpha value is -5.10. The Bertz CT molecular complexity index is 2010. The number of carbonyl (C=O) groups excluding carboxylic acids is 4. The zero-order chi connectivity index (χ0) is 42.1. The highest BCUT2D eigenvalue weighted by atomic mass is 35.5. The van der Waals surface area contributed by atoms with Gasteiger partial charge in [0.2, 0.25) is 5.91 Å². The molecule has 2 N–H and O–H groups in total. The molecule has 3 heterocycles. The smallest absolute Gasteiger partial charge is 0.409 e. The number of allylic oxidation sites excluding steroid dienone is 3. The molecule has 308 valence electrons. The number of ether oxygens (including phenoxy) is 5. The molecule has 0 radical (unpaired) electrons. The van der Waals surface area contributed by atoms with Gasteiger partial charge in [0.15, 0.2) is 5.72 Å². The molecule has 2 fully saturated rings. The van der Waals surface area contributed by atoms with Crippen molar-refractivity contribution in [1.82, 2.24) is 10.2 Å². The number of rotatable bonds is 7. The first-order chi connectivity index (χ1) is 26.7. The summed E-state index contributed by atoms with van der Waals surface area (Å²) in [6, 6.07) is 4.64. The molecule has 0 spiro atoms. The summed E-state index contributed by atoms with van der Waals surface area (Å²) >= 11 is 6.74. The van der Waals surface area contributed by atoms with E-state index in [-0.39, 0.29) is 11.4 Å². The average molecular weight is 817 g/mol. The second kappa shape index (κ2) is 16.8. The third-order valence-corrected chi connectivity index (χ3v) is 11.2. The number of alkyl carbamates (subject to hydrolysis) is 1. The Labute approximate surface area is 333 Å². The Morgan fingerprint density at radius 1 is 1.23 bits per heavy atom. The number of carbonyl (C=O) groups is 4. The van der Waals surface area contributed by atoms with Gasteiger partial charge < -0.3 is 38.6 Å². The summed E-state index contributed by atoms with van der Waals surface area (Å²) in [7, 11) is 5.57. The van der Waals surface area contributed by atoms with E-state index in [1.54, 1.807) is 38.1 Å². The van der Waals surface area contributed by atoms with E-state index in [4.69, 9.17) is 35.3 Å². The van der Waals surface area contributed by atoms with Crippen LogP contribution >= 0.6 is 11.6 Å². The number of nitro benzene ring substituents is 1. The Kier molecular flexibility index (Phi) is 12.7. The fraction of sp³-hybridized carbons (Fsp3) is 0.487. The number of nitrogens with one attached hydrogen (secondary N) is 1. The predicted octanol–water partition coefficient (Wildman–Crippen LogP) is 4.88. The lowest BCUT2D eigenvalue weighted by atomic mass is 9.83. The van der Waals surface area contributed by atoms with Crippen molar-refractivity contribution in [1.29, 1.82) is 0 Å². The highest BCUT2D eigenvalue weighted by Gasteiger charge is 2.64. The van der Waals surface area contributed by atoms with Crippen molar-refractivity contribution in [2.45, 2.75) is 88.7 Å². The zero-order valence-corrected chi connectivity index (χ0v) is 33.5. The quantitative estimate of drug-likeness (QED) is 0.167. The van der Waals surface area contributed by atoms with Crippen LogP contribution in [0.25, 0.3) is 0 Å². The molecule has 0 aromatic heterocycles. The number of non-ortho nitro benzene ring substituents is 1. The number of epoxide rings is 1. The monoisotopic (exact) mass is 816 g/mol. The predicted molar refractivity (Wildman–Crippen MR) is 203 cm³/mol. The van der Waals surface area contributed by atoms with Crippen LogP contribution in [0.5, 0.6) is 5.75 Å².